The van der Waals surface area contributed by atoms with Gasteiger partial charge < -0.3 is 10.4 Å². The third-order valence-corrected chi connectivity index (χ3v) is 5.49. The second kappa shape index (κ2) is 7.16. The molecule has 0 saturated carbocycles. The van der Waals surface area contributed by atoms with Crippen LogP contribution in [0.2, 0.25) is 0 Å². The molecule has 0 aliphatic rings. The normalized spacial score (nSPS) is 11.2. The van der Waals surface area contributed by atoms with Crippen molar-refractivity contribution in [3.8, 4) is 5.75 Å². The van der Waals surface area contributed by atoms with Gasteiger partial charge in [0.05, 0.1) is 11.3 Å². The molecule has 142 valence electrons. The minimum atomic E-state index is -0.170. The first kappa shape index (κ1) is 18.3. The number of phenols is 1. The summed E-state index contributed by atoms with van der Waals surface area (Å²) in [5.41, 5.74) is 5.91. The molecule has 1 amide bonds. The summed E-state index contributed by atoms with van der Waals surface area (Å²) in [5.74, 6) is 0.134. The lowest BCUT2D eigenvalue weighted by molar-refractivity contribution is -0.113. The summed E-state index contributed by atoms with van der Waals surface area (Å²) >= 11 is 1.34. The SMILES string of the molecule is Cc1cc(C)c2c(c1)c(C)cc1nnc(SCC(=O)Nc3cccc(O)c3)n12. The average Bonchev–Trinajstić information content (AvgIpc) is 3.02. The Morgan fingerprint density at radius 1 is 1.11 bits per heavy atom. The number of pyridine rings is 1. The Bertz CT molecular complexity index is 1220. The van der Waals surface area contributed by atoms with E-state index in [-0.39, 0.29) is 17.4 Å². The van der Waals surface area contributed by atoms with E-state index >= 15 is 0 Å². The van der Waals surface area contributed by atoms with Gasteiger partial charge in [-0.25, -0.2) is 0 Å². The van der Waals surface area contributed by atoms with Crippen LogP contribution < -0.4 is 5.32 Å². The van der Waals surface area contributed by atoms with Crippen molar-refractivity contribution >= 4 is 39.9 Å². The first-order valence-electron chi connectivity index (χ1n) is 8.90. The van der Waals surface area contributed by atoms with Gasteiger partial charge in [-0.1, -0.05) is 29.5 Å². The summed E-state index contributed by atoms with van der Waals surface area (Å²) in [7, 11) is 0. The highest BCUT2D eigenvalue weighted by molar-refractivity contribution is 7.99. The second-order valence-corrected chi connectivity index (χ2v) is 7.81. The van der Waals surface area contributed by atoms with Gasteiger partial charge in [-0.2, -0.15) is 0 Å². The maximum atomic E-state index is 12.3. The van der Waals surface area contributed by atoms with Crippen LogP contribution in [0, 0.1) is 20.8 Å². The zero-order valence-electron chi connectivity index (χ0n) is 15.9. The Morgan fingerprint density at radius 2 is 1.93 bits per heavy atom. The van der Waals surface area contributed by atoms with E-state index in [1.54, 1.807) is 18.2 Å². The van der Waals surface area contributed by atoms with E-state index in [0.29, 0.717) is 10.8 Å². The van der Waals surface area contributed by atoms with Gasteiger partial charge >= 0.3 is 0 Å². The molecule has 0 fully saturated rings. The van der Waals surface area contributed by atoms with Crippen LogP contribution in [0.4, 0.5) is 5.69 Å². The van der Waals surface area contributed by atoms with Gasteiger partial charge in [0.15, 0.2) is 10.8 Å². The number of nitrogens with one attached hydrogen (secondary N) is 1. The van der Waals surface area contributed by atoms with Crippen LogP contribution in [0.5, 0.6) is 5.75 Å². The highest BCUT2D eigenvalue weighted by atomic mass is 32.2. The summed E-state index contributed by atoms with van der Waals surface area (Å²) < 4.78 is 2.02. The molecule has 0 radical (unpaired) electrons. The summed E-state index contributed by atoms with van der Waals surface area (Å²) in [6.45, 7) is 6.24. The molecule has 4 aromatic rings. The Morgan fingerprint density at radius 3 is 2.71 bits per heavy atom. The maximum Gasteiger partial charge on any atom is 0.234 e. The van der Waals surface area contributed by atoms with Crippen molar-refractivity contribution in [2.45, 2.75) is 25.9 Å². The standard InChI is InChI=1S/C21H20N4O2S/c1-12-7-14(3)20-17(8-12)13(2)9-18-23-24-21(25(18)20)28-11-19(27)22-15-5-4-6-16(26)10-15/h4-10,26H,11H2,1-3H3,(H,22,27). The number of amides is 1. The minimum Gasteiger partial charge on any atom is -0.508 e. The smallest absolute Gasteiger partial charge is 0.234 e. The van der Waals surface area contributed by atoms with Crippen LogP contribution in [0.25, 0.3) is 16.6 Å². The molecule has 0 spiro atoms. The number of aromatic nitrogens is 3. The number of nitrogens with zero attached hydrogens (tertiary/aromatic N) is 3. The summed E-state index contributed by atoms with van der Waals surface area (Å²) in [6.07, 6.45) is 0. The van der Waals surface area contributed by atoms with E-state index in [1.807, 2.05) is 10.5 Å². The van der Waals surface area contributed by atoms with E-state index in [4.69, 9.17) is 0 Å². The van der Waals surface area contributed by atoms with E-state index < -0.39 is 0 Å². The molecule has 0 aliphatic carbocycles. The Labute approximate surface area is 166 Å². The largest absolute Gasteiger partial charge is 0.508 e. The van der Waals surface area contributed by atoms with Crippen molar-refractivity contribution in [3.63, 3.8) is 0 Å². The van der Waals surface area contributed by atoms with Crippen molar-refractivity contribution in [2.24, 2.45) is 0 Å². The number of anilines is 1. The van der Waals surface area contributed by atoms with Crippen LogP contribution in [0.1, 0.15) is 16.7 Å². The monoisotopic (exact) mass is 392 g/mol. The first-order valence-corrected chi connectivity index (χ1v) is 9.88. The second-order valence-electron chi connectivity index (χ2n) is 6.87. The average molecular weight is 392 g/mol. The fourth-order valence-corrected chi connectivity index (χ4v) is 4.16. The Balaban J connectivity index is 1.64. The predicted molar refractivity (Wildman–Crippen MR) is 112 cm³/mol. The van der Waals surface area contributed by atoms with Crippen molar-refractivity contribution in [3.05, 3.63) is 59.2 Å². The lowest BCUT2D eigenvalue weighted by Gasteiger charge is -2.11. The van der Waals surface area contributed by atoms with Crippen LogP contribution in [0.15, 0.2) is 47.6 Å². The molecule has 4 rings (SSSR count). The number of hydrogen-bond acceptors (Lipinski definition) is 5. The molecule has 0 aliphatic heterocycles. The first-order chi connectivity index (χ1) is 13.4. The highest BCUT2D eigenvalue weighted by Crippen LogP contribution is 2.29. The van der Waals surface area contributed by atoms with E-state index in [0.717, 1.165) is 27.7 Å². The number of phenolic OH excluding ortho intramolecular Hbond substituents is 1. The number of aryl methyl sites for hydroxylation is 3. The molecule has 2 aromatic carbocycles. The maximum absolute atomic E-state index is 12.3. The van der Waals surface area contributed by atoms with Crippen LogP contribution >= 0.6 is 11.8 Å². The van der Waals surface area contributed by atoms with Gasteiger partial charge in [0.2, 0.25) is 5.91 Å². The minimum absolute atomic E-state index is 0.113. The summed E-state index contributed by atoms with van der Waals surface area (Å²) in [6, 6.07) is 12.8. The lowest BCUT2D eigenvalue weighted by Crippen LogP contribution is -2.14. The number of carbonyl (C=O) groups excluding carboxylic acids is 1. The fraction of sp³-hybridized carbons (Fsp3) is 0.190. The van der Waals surface area contributed by atoms with Crippen molar-refractivity contribution < 1.29 is 9.90 Å². The van der Waals surface area contributed by atoms with Crippen molar-refractivity contribution in [1.82, 2.24) is 14.6 Å². The van der Waals surface area contributed by atoms with Crippen molar-refractivity contribution in [2.75, 3.05) is 11.1 Å². The molecular weight excluding hydrogens is 372 g/mol. The number of fused-ring (bicyclic) bond motifs is 3. The van der Waals surface area contributed by atoms with Gasteiger partial charge in [0.1, 0.15) is 5.75 Å². The molecule has 0 bridgehead atoms. The molecule has 2 N–H and O–H groups in total. The third-order valence-electron chi connectivity index (χ3n) is 4.56. The molecule has 7 heteroatoms. The van der Waals surface area contributed by atoms with Gasteiger partial charge in [-0.3, -0.25) is 9.20 Å². The lowest BCUT2D eigenvalue weighted by atomic mass is 10.0. The zero-order valence-corrected chi connectivity index (χ0v) is 16.7. The highest BCUT2D eigenvalue weighted by Gasteiger charge is 2.15. The van der Waals surface area contributed by atoms with Gasteiger partial charge in [0, 0.05) is 17.1 Å². The number of thioether (sulfide) groups is 1. The molecule has 28 heavy (non-hydrogen) atoms. The van der Waals surface area contributed by atoms with E-state index in [9.17, 15) is 9.90 Å². The number of benzene rings is 2. The fourth-order valence-electron chi connectivity index (χ4n) is 3.42. The molecular formula is C21H20N4O2S. The van der Waals surface area contributed by atoms with Gasteiger partial charge in [-0.15, -0.1) is 10.2 Å². The quantitative estimate of drug-likeness (QED) is 0.508. The molecule has 0 unspecified atom stereocenters. The van der Waals surface area contributed by atoms with Crippen LogP contribution in [-0.2, 0) is 4.79 Å². The van der Waals surface area contributed by atoms with Crippen molar-refractivity contribution in [1.29, 1.82) is 0 Å². The number of rotatable bonds is 4. The molecule has 2 aromatic heterocycles. The molecule has 2 heterocycles. The molecule has 6 nitrogen and oxygen atoms in total. The zero-order chi connectivity index (χ0) is 19.8. The molecule has 0 saturated heterocycles. The summed E-state index contributed by atoms with van der Waals surface area (Å²) in [4.78, 5) is 12.3. The number of hydrogen-bond donors (Lipinski definition) is 2. The van der Waals surface area contributed by atoms with Crippen LogP contribution in [0.3, 0.4) is 0 Å². The third kappa shape index (κ3) is 3.41. The number of carbonyl (C=O) groups is 1. The Kier molecular flexibility index (Phi) is 4.68. The number of aromatic hydroxyl groups is 1. The Hall–Kier alpha value is -3.06. The summed E-state index contributed by atoms with van der Waals surface area (Å²) in [5, 5.41) is 22.7. The van der Waals surface area contributed by atoms with E-state index in [1.165, 1.54) is 23.4 Å². The van der Waals surface area contributed by atoms with Gasteiger partial charge in [0.25, 0.3) is 0 Å². The topological polar surface area (TPSA) is 79.5 Å². The molecule has 0 atom stereocenters. The van der Waals surface area contributed by atoms with Gasteiger partial charge in [-0.05, 0) is 56.2 Å². The van der Waals surface area contributed by atoms with Crippen LogP contribution in [-0.4, -0.2) is 31.4 Å². The predicted octanol–water partition coefficient (Wildman–Crippen LogP) is 4.24. The van der Waals surface area contributed by atoms with E-state index in [2.05, 4.69) is 48.4 Å².